The maximum atomic E-state index is 13.1. The molecule has 3 aromatic rings. The molecule has 0 aromatic carbocycles. The number of halogens is 3. The maximum absolute atomic E-state index is 13.1. The molecule has 4 rings (SSSR count). The molecule has 11 heteroatoms. The first kappa shape index (κ1) is 14.9. The lowest BCUT2D eigenvalue weighted by Crippen LogP contribution is -2.15. The SMILES string of the molecule is FC(F)(F)c1nn(Cc2nc(-c3cocn3)no2)c2c1COCC2. The van der Waals surface area contributed by atoms with E-state index >= 15 is 0 Å². The minimum Gasteiger partial charge on any atom is -0.451 e. The molecular formula is C13H10F3N5O3. The Morgan fingerprint density at radius 1 is 1.29 bits per heavy atom. The minimum atomic E-state index is -4.54. The minimum absolute atomic E-state index is 0.0602. The first-order chi connectivity index (χ1) is 11.5. The first-order valence-electron chi connectivity index (χ1n) is 6.97. The van der Waals surface area contributed by atoms with Gasteiger partial charge in [0, 0.05) is 17.7 Å². The number of oxazole rings is 1. The topological polar surface area (TPSA) is 92.0 Å². The van der Waals surface area contributed by atoms with Crippen molar-refractivity contribution in [1.29, 1.82) is 0 Å². The van der Waals surface area contributed by atoms with Gasteiger partial charge in [0.15, 0.2) is 12.1 Å². The van der Waals surface area contributed by atoms with Gasteiger partial charge in [-0.1, -0.05) is 5.16 Å². The largest absolute Gasteiger partial charge is 0.451 e. The van der Waals surface area contributed by atoms with Gasteiger partial charge in [-0.25, -0.2) is 4.98 Å². The summed E-state index contributed by atoms with van der Waals surface area (Å²) in [7, 11) is 0. The average Bonchev–Trinajstić information content (AvgIpc) is 3.26. The van der Waals surface area contributed by atoms with Gasteiger partial charge in [-0.2, -0.15) is 23.3 Å². The Hall–Kier alpha value is -2.69. The lowest BCUT2D eigenvalue weighted by Gasteiger charge is -2.14. The molecule has 0 bridgehead atoms. The van der Waals surface area contributed by atoms with Crippen LogP contribution in [0, 0.1) is 0 Å². The number of fused-ring (bicyclic) bond motifs is 1. The number of alkyl halides is 3. The van der Waals surface area contributed by atoms with Gasteiger partial charge in [0.25, 0.3) is 0 Å². The van der Waals surface area contributed by atoms with Crippen molar-refractivity contribution < 1.29 is 26.8 Å². The number of ether oxygens (including phenoxy) is 1. The number of aromatic nitrogens is 5. The second kappa shape index (κ2) is 5.44. The molecule has 0 unspecified atom stereocenters. The molecule has 0 amide bonds. The van der Waals surface area contributed by atoms with Crippen molar-refractivity contribution in [3.8, 4) is 11.5 Å². The van der Waals surface area contributed by atoms with Crippen LogP contribution in [0.5, 0.6) is 0 Å². The van der Waals surface area contributed by atoms with Crippen molar-refractivity contribution in [3.63, 3.8) is 0 Å². The number of hydrogen-bond acceptors (Lipinski definition) is 7. The molecule has 1 aliphatic rings. The fourth-order valence-electron chi connectivity index (χ4n) is 2.54. The van der Waals surface area contributed by atoms with Crippen LogP contribution >= 0.6 is 0 Å². The van der Waals surface area contributed by atoms with Crippen LogP contribution in [0.4, 0.5) is 13.2 Å². The van der Waals surface area contributed by atoms with E-state index in [4.69, 9.17) is 13.7 Å². The molecule has 0 fully saturated rings. The Kier molecular flexibility index (Phi) is 3.37. The highest BCUT2D eigenvalue weighted by atomic mass is 19.4. The molecule has 4 heterocycles. The Bertz CT molecular complexity index is 853. The molecule has 1 aliphatic heterocycles. The highest BCUT2D eigenvalue weighted by Crippen LogP contribution is 2.34. The Morgan fingerprint density at radius 3 is 2.92 bits per heavy atom. The lowest BCUT2D eigenvalue weighted by atomic mass is 10.1. The zero-order chi connectivity index (χ0) is 16.7. The summed E-state index contributed by atoms with van der Waals surface area (Å²) in [6, 6.07) is 0. The highest BCUT2D eigenvalue weighted by Gasteiger charge is 2.40. The lowest BCUT2D eigenvalue weighted by molar-refractivity contribution is -0.142. The summed E-state index contributed by atoms with van der Waals surface area (Å²) in [5, 5.41) is 7.41. The average molecular weight is 341 g/mol. The second-order valence-corrected chi connectivity index (χ2v) is 5.12. The summed E-state index contributed by atoms with van der Waals surface area (Å²) < 4.78 is 55.6. The molecule has 24 heavy (non-hydrogen) atoms. The summed E-state index contributed by atoms with van der Waals surface area (Å²) in [6.07, 6.45) is -1.66. The molecule has 0 saturated heterocycles. The quantitative estimate of drug-likeness (QED) is 0.720. The Labute approximate surface area is 132 Å². The molecule has 0 radical (unpaired) electrons. The normalized spacial score (nSPS) is 14.8. The summed E-state index contributed by atoms with van der Waals surface area (Å²) in [5.41, 5.74) is -0.0370. The van der Waals surface area contributed by atoms with E-state index in [-0.39, 0.29) is 30.4 Å². The predicted octanol–water partition coefficient (Wildman–Crippen LogP) is 2.06. The summed E-state index contributed by atoms with van der Waals surface area (Å²) in [6.45, 7) is 0.158. The first-order valence-corrected chi connectivity index (χ1v) is 6.97. The van der Waals surface area contributed by atoms with E-state index < -0.39 is 11.9 Å². The number of nitrogens with zero attached hydrogens (tertiary/aromatic N) is 5. The fraction of sp³-hybridized carbons (Fsp3) is 0.385. The molecule has 126 valence electrons. The molecule has 0 atom stereocenters. The maximum Gasteiger partial charge on any atom is 0.435 e. The molecule has 0 saturated carbocycles. The van der Waals surface area contributed by atoms with Crippen molar-refractivity contribution in [2.45, 2.75) is 25.7 Å². The van der Waals surface area contributed by atoms with E-state index in [0.717, 1.165) is 0 Å². The van der Waals surface area contributed by atoms with Gasteiger partial charge in [-0.3, -0.25) is 4.68 Å². The van der Waals surface area contributed by atoms with Gasteiger partial charge in [-0.05, 0) is 0 Å². The van der Waals surface area contributed by atoms with E-state index in [1.165, 1.54) is 17.3 Å². The monoisotopic (exact) mass is 341 g/mol. The van der Waals surface area contributed by atoms with E-state index in [1.807, 2.05) is 0 Å². The summed E-state index contributed by atoms with van der Waals surface area (Å²) in [4.78, 5) is 7.97. The third kappa shape index (κ3) is 2.56. The van der Waals surface area contributed by atoms with Crippen molar-refractivity contribution >= 4 is 0 Å². The molecular weight excluding hydrogens is 331 g/mol. The van der Waals surface area contributed by atoms with Crippen LogP contribution in [0.15, 0.2) is 21.6 Å². The summed E-state index contributed by atoms with van der Waals surface area (Å²) >= 11 is 0. The van der Waals surface area contributed by atoms with Crippen LogP contribution in [0.25, 0.3) is 11.5 Å². The van der Waals surface area contributed by atoms with Gasteiger partial charge in [0.05, 0.1) is 13.2 Å². The van der Waals surface area contributed by atoms with Crippen molar-refractivity contribution in [1.82, 2.24) is 24.9 Å². The van der Waals surface area contributed by atoms with Gasteiger partial charge >= 0.3 is 6.18 Å². The predicted molar refractivity (Wildman–Crippen MR) is 69.5 cm³/mol. The van der Waals surface area contributed by atoms with Crippen LogP contribution in [0.3, 0.4) is 0 Å². The molecule has 8 nitrogen and oxygen atoms in total. The van der Waals surface area contributed by atoms with Crippen molar-refractivity contribution in [2.24, 2.45) is 0 Å². The molecule has 0 aliphatic carbocycles. The zero-order valence-corrected chi connectivity index (χ0v) is 12.1. The van der Waals surface area contributed by atoms with Crippen molar-refractivity contribution in [3.05, 3.63) is 35.5 Å². The Morgan fingerprint density at radius 2 is 2.17 bits per heavy atom. The molecule has 0 N–H and O–H groups in total. The van der Waals surface area contributed by atoms with Crippen LogP contribution in [-0.2, 0) is 30.5 Å². The number of rotatable bonds is 3. The van der Waals surface area contributed by atoms with E-state index in [1.54, 1.807) is 0 Å². The standard InChI is InChI=1S/C13H10F3N5O3/c14-13(15,16)11-7-4-22-2-1-9(7)21(19-11)3-10-18-12(20-24-10)8-5-23-6-17-8/h5-6H,1-4H2. The smallest absolute Gasteiger partial charge is 0.435 e. The Balaban J connectivity index is 1.66. The van der Waals surface area contributed by atoms with Gasteiger partial charge in [0.2, 0.25) is 11.7 Å². The van der Waals surface area contributed by atoms with Gasteiger partial charge in [0.1, 0.15) is 18.5 Å². The van der Waals surface area contributed by atoms with Crippen LogP contribution in [0.2, 0.25) is 0 Å². The van der Waals surface area contributed by atoms with Gasteiger partial charge in [-0.15, -0.1) is 0 Å². The van der Waals surface area contributed by atoms with E-state index in [0.29, 0.717) is 24.4 Å². The van der Waals surface area contributed by atoms with E-state index in [2.05, 4.69) is 20.2 Å². The third-order valence-corrected chi connectivity index (χ3v) is 3.58. The van der Waals surface area contributed by atoms with Crippen LogP contribution in [0.1, 0.15) is 22.8 Å². The number of hydrogen-bond donors (Lipinski definition) is 0. The molecule has 3 aromatic heterocycles. The molecule has 0 spiro atoms. The van der Waals surface area contributed by atoms with E-state index in [9.17, 15) is 13.2 Å². The highest BCUT2D eigenvalue weighted by molar-refractivity contribution is 5.44. The zero-order valence-electron chi connectivity index (χ0n) is 12.1. The van der Waals surface area contributed by atoms with Crippen LogP contribution < -0.4 is 0 Å². The second-order valence-electron chi connectivity index (χ2n) is 5.12. The third-order valence-electron chi connectivity index (χ3n) is 3.58. The summed E-state index contributed by atoms with van der Waals surface area (Å²) in [5.74, 6) is 0.317. The fourth-order valence-corrected chi connectivity index (χ4v) is 2.54. The van der Waals surface area contributed by atoms with Crippen molar-refractivity contribution in [2.75, 3.05) is 6.61 Å². The van der Waals surface area contributed by atoms with Crippen LogP contribution in [-0.4, -0.2) is 31.5 Å². The van der Waals surface area contributed by atoms with Gasteiger partial charge < -0.3 is 13.7 Å².